The molecule has 0 aliphatic heterocycles. The molecule has 72 valence electrons. The monoisotopic (exact) mass is 209 g/mol. The van der Waals surface area contributed by atoms with Crippen molar-refractivity contribution in [3.05, 3.63) is 23.9 Å². The van der Waals surface area contributed by atoms with Crippen molar-refractivity contribution in [1.82, 2.24) is 4.98 Å². The van der Waals surface area contributed by atoms with Gasteiger partial charge in [0.25, 0.3) is 5.24 Å². The third-order valence-corrected chi connectivity index (χ3v) is 1.65. The van der Waals surface area contributed by atoms with Gasteiger partial charge in [-0.15, -0.1) is 5.92 Å². The van der Waals surface area contributed by atoms with E-state index in [-0.39, 0.29) is 6.61 Å². The van der Waals surface area contributed by atoms with Crippen LogP contribution >= 0.6 is 11.6 Å². The van der Waals surface area contributed by atoms with Crippen LogP contribution in [-0.2, 0) is 0 Å². The van der Waals surface area contributed by atoms with Crippen LogP contribution in [0, 0.1) is 11.8 Å². The van der Waals surface area contributed by atoms with Crippen molar-refractivity contribution in [3.63, 3.8) is 0 Å². The standard InChI is InChI=1S/C10H8ClNO2/c1-2-3-6-14-9-7-8(10(11)13)4-5-12-9/h4-5,7H,6H2,1H3. The smallest absolute Gasteiger partial charge is 0.252 e. The lowest BCUT2D eigenvalue weighted by atomic mass is 10.3. The maximum absolute atomic E-state index is 10.8. The molecule has 0 atom stereocenters. The van der Waals surface area contributed by atoms with Gasteiger partial charge in [-0.2, -0.15) is 0 Å². The average molecular weight is 210 g/mol. The predicted octanol–water partition coefficient (Wildman–Crippen LogP) is 1.86. The highest BCUT2D eigenvalue weighted by Crippen LogP contribution is 2.10. The van der Waals surface area contributed by atoms with Gasteiger partial charge in [0.2, 0.25) is 5.88 Å². The number of hydrogen-bond donors (Lipinski definition) is 0. The minimum Gasteiger partial charge on any atom is -0.464 e. The summed E-state index contributed by atoms with van der Waals surface area (Å²) in [4.78, 5) is 14.7. The van der Waals surface area contributed by atoms with Crippen molar-refractivity contribution in [1.29, 1.82) is 0 Å². The molecule has 14 heavy (non-hydrogen) atoms. The first-order valence-corrected chi connectivity index (χ1v) is 4.30. The molecule has 4 heteroatoms. The molecule has 0 N–H and O–H groups in total. The fourth-order valence-electron chi connectivity index (χ4n) is 0.793. The van der Waals surface area contributed by atoms with E-state index in [0.717, 1.165) is 0 Å². The van der Waals surface area contributed by atoms with E-state index in [1.807, 2.05) is 0 Å². The molecule has 0 aromatic carbocycles. The van der Waals surface area contributed by atoms with Crippen LogP contribution in [0.5, 0.6) is 5.88 Å². The van der Waals surface area contributed by atoms with Crippen LogP contribution in [-0.4, -0.2) is 16.8 Å². The number of halogens is 1. The van der Waals surface area contributed by atoms with E-state index < -0.39 is 5.24 Å². The second kappa shape index (κ2) is 5.25. The average Bonchev–Trinajstić information content (AvgIpc) is 2.19. The summed E-state index contributed by atoms with van der Waals surface area (Å²) < 4.78 is 5.14. The molecule has 0 amide bonds. The topological polar surface area (TPSA) is 39.2 Å². The Morgan fingerprint density at radius 3 is 3.14 bits per heavy atom. The van der Waals surface area contributed by atoms with Crippen LogP contribution in [0.3, 0.4) is 0 Å². The molecule has 0 aliphatic carbocycles. The molecule has 0 saturated carbocycles. The van der Waals surface area contributed by atoms with Gasteiger partial charge in [0, 0.05) is 17.8 Å². The minimum atomic E-state index is -0.529. The molecule has 0 fully saturated rings. The molecule has 0 saturated heterocycles. The van der Waals surface area contributed by atoms with Gasteiger partial charge in [0.1, 0.15) is 0 Å². The summed E-state index contributed by atoms with van der Waals surface area (Å²) in [5, 5.41) is -0.529. The normalized spacial score (nSPS) is 8.71. The van der Waals surface area contributed by atoms with Gasteiger partial charge in [-0.05, 0) is 24.6 Å². The summed E-state index contributed by atoms with van der Waals surface area (Å²) in [6.45, 7) is 1.97. The number of nitrogens with zero attached hydrogens (tertiary/aromatic N) is 1. The van der Waals surface area contributed by atoms with Gasteiger partial charge in [-0.1, -0.05) is 5.92 Å². The number of hydrogen-bond acceptors (Lipinski definition) is 3. The highest BCUT2D eigenvalue weighted by atomic mass is 35.5. The van der Waals surface area contributed by atoms with Gasteiger partial charge >= 0.3 is 0 Å². The van der Waals surface area contributed by atoms with E-state index in [2.05, 4.69) is 16.8 Å². The predicted molar refractivity (Wildman–Crippen MR) is 53.4 cm³/mol. The zero-order valence-corrected chi connectivity index (χ0v) is 8.34. The second-order valence-electron chi connectivity index (χ2n) is 2.37. The van der Waals surface area contributed by atoms with E-state index >= 15 is 0 Å². The Morgan fingerprint density at radius 2 is 2.50 bits per heavy atom. The fourth-order valence-corrected chi connectivity index (χ4v) is 0.910. The van der Waals surface area contributed by atoms with Crippen molar-refractivity contribution in [2.24, 2.45) is 0 Å². The molecule has 0 radical (unpaired) electrons. The zero-order valence-electron chi connectivity index (χ0n) is 7.58. The molecule has 1 heterocycles. The third kappa shape index (κ3) is 3.08. The Bertz CT molecular complexity index is 393. The molecule has 1 rings (SSSR count). The summed E-state index contributed by atoms with van der Waals surface area (Å²) in [5.41, 5.74) is 0.362. The van der Waals surface area contributed by atoms with E-state index in [1.165, 1.54) is 18.3 Å². The van der Waals surface area contributed by atoms with Gasteiger partial charge < -0.3 is 4.74 Å². The summed E-state index contributed by atoms with van der Waals surface area (Å²) in [7, 11) is 0. The summed E-state index contributed by atoms with van der Waals surface area (Å²) >= 11 is 5.29. The van der Waals surface area contributed by atoms with E-state index in [1.54, 1.807) is 6.92 Å². The molecule has 0 bridgehead atoms. The summed E-state index contributed by atoms with van der Waals surface area (Å²) in [5.74, 6) is 5.74. The molecular formula is C10H8ClNO2. The number of carbonyl (C=O) groups excluding carboxylic acids is 1. The molecule has 1 aromatic heterocycles. The van der Waals surface area contributed by atoms with Gasteiger partial charge in [-0.3, -0.25) is 4.79 Å². The van der Waals surface area contributed by atoms with E-state index in [0.29, 0.717) is 11.4 Å². The van der Waals surface area contributed by atoms with Crippen LogP contribution in [0.2, 0.25) is 0 Å². The lowest BCUT2D eigenvalue weighted by Gasteiger charge is -2.00. The van der Waals surface area contributed by atoms with Gasteiger partial charge in [0.15, 0.2) is 6.61 Å². The second-order valence-corrected chi connectivity index (χ2v) is 2.72. The van der Waals surface area contributed by atoms with E-state index in [4.69, 9.17) is 16.3 Å². The maximum atomic E-state index is 10.8. The summed E-state index contributed by atoms with van der Waals surface area (Å²) in [6.07, 6.45) is 1.46. The quantitative estimate of drug-likeness (QED) is 0.564. The van der Waals surface area contributed by atoms with Gasteiger partial charge in [-0.25, -0.2) is 4.98 Å². The first-order chi connectivity index (χ1) is 6.74. The van der Waals surface area contributed by atoms with Crippen LogP contribution in [0.15, 0.2) is 18.3 Å². The van der Waals surface area contributed by atoms with Crippen LogP contribution in [0.25, 0.3) is 0 Å². The maximum Gasteiger partial charge on any atom is 0.252 e. The zero-order chi connectivity index (χ0) is 10.4. The van der Waals surface area contributed by atoms with Crippen molar-refractivity contribution in [2.75, 3.05) is 6.61 Å². The number of rotatable bonds is 3. The molecule has 0 aliphatic rings. The van der Waals surface area contributed by atoms with Crippen molar-refractivity contribution in [2.45, 2.75) is 6.92 Å². The van der Waals surface area contributed by atoms with E-state index in [9.17, 15) is 4.79 Å². The lowest BCUT2D eigenvalue weighted by molar-refractivity contribution is 0.108. The largest absolute Gasteiger partial charge is 0.464 e. The highest BCUT2D eigenvalue weighted by molar-refractivity contribution is 6.67. The molecular weight excluding hydrogens is 202 g/mol. The molecule has 3 nitrogen and oxygen atoms in total. The Hall–Kier alpha value is -1.53. The SMILES string of the molecule is CC#CCOc1cc(C(=O)Cl)ccn1. The minimum absolute atomic E-state index is 0.253. The Kier molecular flexibility index (Phi) is 3.96. The van der Waals surface area contributed by atoms with Crippen LogP contribution in [0.4, 0.5) is 0 Å². The number of ether oxygens (including phenoxy) is 1. The third-order valence-electron chi connectivity index (χ3n) is 1.43. The number of carbonyl (C=O) groups is 1. The first-order valence-electron chi connectivity index (χ1n) is 3.92. The lowest BCUT2D eigenvalue weighted by Crippen LogP contribution is -1.98. The van der Waals surface area contributed by atoms with Crippen LogP contribution in [0.1, 0.15) is 17.3 Å². The fraction of sp³-hybridized carbons (Fsp3) is 0.200. The van der Waals surface area contributed by atoms with Gasteiger partial charge in [0.05, 0.1) is 0 Å². The van der Waals surface area contributed by atoms with Crippen LogP contribution < -0.4 is 4.74 Å². The Morgan fingerprint density at radius 1 is 1.71 bits per heavy atom. The highest BCUT2D eigenvalue weighted by Gasteiger charge is 2.03. The first kappa shape index (κ1) is 10.6. The number of aromatic nitrogens is 1. The van der Waals surface area contributed by atoms with Crippen molar-refractivity contribution in [3.8, 4) is 17.7 Å². The molecule has 1 aromatic rings. The Labute approximate surface area is 87.1 Å². The number of pyridine rings is 1. The molecule has 0 spiro atoms. The summed E-state index contributed by atoms with van der Waals surface area (Å²) in [6, 6.07) is 3.00. The molecule has 0 unspecified atom stereocenters. The van der Waals surface area contributed by atoms with Crippen molar-refractivity contribution < 1.29 is 9.53 Å². The Balaban J connectivity index is 2.71. The van der Waals surface area contributed by atoms with Crippen molar-refractivity contribution >= 4 is 16.8 Å².